The number of amides is 1. The third-order valence-corrected chi connectivity index (χ3v) is 5.77. The van der Waals surface area contributed by atoms with Gasteiger partial charge in [0.1, 0.15) is 6.61 Å². The normalized spacial score (nSPS) is 15.9. The van der Waals surface area contributed by atoms with Gasteiger partial charge in [0.15, 0.2) is 5.78 Å². The van der Waals surface area contributed by atoms with E-state index in [1.54, 1.807) is 0 Å². The lowest BCUT2D eigenvalue weighted by Crippen LogP contribution is -2.37. The lowest BCUT2D eigenvalue weighted by Gasteiger charge is -2.22. The number of fused-ring (bicyclic) bond motifs is 1. The van der Waals surface area contributed by atoms with Crippen LogP contribution in [0.2, 0.25) is 0 Å². The van der Waals surface area contributed by atoms with Crippen LogP contribution in [0.15, 0.2) is 48.7 Å². The number of nitrogens with zero attached hydrogens (tertiary/aromatic N) is 1. The van der Waals surface area contributed by atoms with Crippen molar-refractivity contribution in [3.05, 3.63) is 70.9 Å². The number of aliphatic carboxylic acids is 1. The topological polar surface area (TPSA) is 112 Å². The predicted molar refractivity (Wildman–Crippen MR) is 130 cm³/mol. The number of aryl methyl sites for hydroxylation is 1. The van der Waals surface area contributed by atoms with Gasteiger partial charge in [-0.25, -0.2) is 4.79 Å². The van der Waals surface area contributed by atoms with Crippen LogP contribution in [-0.2, 0) is 16.0 Å². The second-order valence-electron chi connectivity index (χ2n) is 8.70. The molecule has 2 unspecified atom stereocenters. The second kappa shape index (κ2) is 11.0. The standard InChI is InChI=1S/C24H27N3O3.C2H4O2/c1-15-6-4-5-7-18(15)23(28)22(21-14-30-24(29)26-21)16-8-9-20-19(12-16)17(13-25-20)10-11-27(2)3;1-2(3)4/h4-9,12-13,21-22,25H,10-11,14H2,1-3H3,(H,26,29);1H3,(H,3,4). The lowest BCUT2D eigenvalue weighted by molar-refractivity contribution is -0.134. The second-order valence-corrected chi connectivity index (χ2v) is 8.70. The lowest BCUT2D eigenvalue weighted by atomic mass is 9.83. The van der Waals surface area contributed by atoms with Crippen LogP contribution >= 0.6 is 0 Å². The highest BCUT2D eigenvalue weighted by molar-refractivity contribution is 6.03. The molecule has 3 N–H and O–H groups in total. The number of hydrogen-bond acceptors (Lipinski definition) is 5. The van der Waals surface area contributed by atoms with Crippen molar-refractivity contribution in [1.82, 2.24) is 15.2 Å². The summed E-state index contributed by atoms with van der Waals surface area (Å²) in [5.74, 6) is -1.35. The highest BCUT2D eigenvalue weighted by Gasteiger charge is 2.37. The van der Waals surface area contributed by atoms with Crippen LogP contribution in [0, 0.1) is 6.92 Å². The molecule has 1 fully saturated rings. The van der Waals surface area contributed by atoms with E-state index in [0.717, 1.165) is 41.9 Å². The van der Waals surface area contributed by atoms with Crippen molar-refractivity contribution in [3.63, 3.8) is 0 Å². The number of benzene rings is 2. The zero-order valence-corrected chi connectivity index (χ0v) is 19.9. The molecule has 2 heterocycles. The summed E-state index contributed by atoms with van der Waals surface area (Å²) in [5, 5.41) is 11.4. The number of carboxylic acid groups (broad SMARTS) is 1. The molecule has 0 saturated carbocycles. The number of carbonyl (C=O) groups is 3. The number of likely N-dealkylation sites (N-methyl/N-ethyl adjacent to an activating group) is 1. The zero-order valence-electron chi connectivity index (χ0n) is 19.9. The Labute approximate surface area is 198 Å². The fourth-order valence-electron chi connectivity index (χ4n) is 4.10. The maximum Gasteiger partial charge on any atom is 0.407 e. The number of ketones is 1. The number of aromatic nitrogens is 1. The number of hydrogen-bond donors (Lipinski definition) is 3. The SMILES string of the molecule is CC(=O)O.Cc1ccccc1C(=O)C(c1ccc2[nH]cc(CCN(C)C)c2c1)C1COC(=O)N1. The highest BCUT2D eigenvalue weighted by Crippen LogP contribution is 2.31. The molecule has 1 amide bonds. The molecule has 180 valence electrons. The van der Waals surface area contributed by atoms with Crippen LogP contribution in [0.5, 0.6) is 0 Å². The number of Topliss-reactive ketones (excluding diaryl/α,β-unsaturated/α-hetero) is 1. The minimum atomic E-state index is -0.833. The number of nitrogens with one attached hydrogen (secondary N) is 2. The molecular weight excluding hydrogens is 434 g/mol. The monoisotopic (exact) mass is 465 g/mol. The Morgan fingerprint density at radius 3 is 2.53 bits per heavy atom. The summed E-state index contributed by atoms with van der Waals surface area (Å²) in [7, 11) is 4.11. The summed E-state index contributed by atoms with van der Waals surface area (Å²) >= 11 is 0. The summed E-state index contributed by atoms with van der Waals surface area (Å²) in [5.41, 5.74) is 4.74. The first-order valence-electron chi connectivity index (χ1n) is 11.1. The van der Waals surface area contributed by atoms with Gasteiger partial charge in [0, 0.05) is 36.1 Å². The minimum Gasteiger partial charge on any atom is -0.481 e. The first kappa shape index (κ1) is 25.0. The number of carbonyl (C=O) groups excluding carboxylic acids is 2. The van der Waals surface area contributed by atoms with Gasteiger partial charge < -0.3 is 25.0 Å². The largest absolute Gasteiger partial charge is 0.481 e. The molecule has 8 heteroatoms. The Morgan fingerprint density at radius 1 is 1.21 bits per heavy atom. The first-order chi connectivity index (χ1) is 16.2. The van der Waals surface area contributed by atoms with E-state index in [0.29, 0.717) is 5.56 Å². The molecule has 0 bridgehead atoms. The van der Waals surface area contributed by atoms with Gasteiger partial charge in [-0.3, -0.25) is 9.59 Å². The van der Waals surface area contributed by atoms with E-state index in [9.17, 15) is 9.59 Å². The molecule has 1 aliphatic rings. The summed E-state index contributed by atoms with van der Waals surface area (Å²) in [4.78, 5) is 39.8. The fourth-order valence-corrected chi connectivity index (χ4v) is 4.10. The quantitative estimate of drug-likeness (QED) is 0.458. The van der Waals surface area contributed by atoms with Gasteiger partial charge in [-0.2, -0.15) is 0 Å². The van der Waals surface area contributed by atoms with E-state index in [1.165, 1.54) is 5.56 Å². The van der Waals surface area contributed by atoms with Crippen molar-refractivity contribution >= 4 is 28.7 Å². The van der Waals surface area contributed by atoms with E-state index in [2.05, 4.69) is 35.4 Å². The minimum absolute atomic E-state index is 0.00590. The number of alkyl carbamates (subject to hydrolysis) is 1. The summed E-state index contributed by atoms with van der Waals surface area (Å²) in [6.45, 7) is 4.14. The number of carboxylic acids is 1. The maximum atomic E-state index is 13.6. The Morgan fingerprint density at radius 2 is 1.91 bits per heavy atom. The molecule has 0 aliphatic carbocycles. The van der Waals surface area contributed by atoms with E-state index >= 15 is 0 Å². The van der Waals surface area contributed by atoms with E-state index in [1.807, 2.05) is 49.5 Å². The molecule has 8 nitrogen and oxygen atoms in total. The van der Waals surface area contributed by atoms with Crippen molar-refractivity contribution in [2.45, 2.75) is 32.2 Å². The average molecular weight is 466 g/mol. The Kier molecular flexibility index (Phi) is 8.07. The fraction of sp³-hybridized carbons (Fsp3) is 0.346. The summed E-state index contributed by atoms with van der Waals surface area (Å²) < 4.78 is 5.13. The molecule has 1 aromatic heterocycles. The number of cyclic esters (lactones) is 1. The molecule has 1 aliphatic heterocycles. The molecule has 4 rings (SSSR count). The summed E-state index contributed by atoms with van der Waals surface area (Å²) in [6.07, 6.45) is 2.48. The Bertz CT molecular complexity index is 1180. The predicted octanol–water partition coefficient (Wildman–Crippen LogP) is 3.75. The summed E-state index contributed by atoms with van der Waals surface area (Å²) in [6, 6.07) is 13.2. The van der Waals surface area contributed by atoms with Gasteiger partial charge in [0.2, 0.25) is 0 Å². The van der Waals surface area contributed by atoms with Crippen molar-refractivity contribution in [3.8, 4) is 0 Å². The Hall–Kier alpha value is -3.65. The molecule has 3 aromatic rings. The van der Waals surface area contributed by atoms with Gasteiger partial charge >= 0.3 is 6.09 Å². The van der Waals surface area contributed by atoms with Gasteiger partial charge in [0.05, 0.1) is 12.0 Å². The van der Waals surface area contributed by atoms with Crippen LogP contribution in [0.4, 0.5) is 4.79 Å². The number of H-pyrrole nitrogens is 1. The van der Waals surface area contributed by atoms with Gasteiger partial charge in [-0.15, -0.1) is 0 Å². The van der Waals surface area contributed by atoms with Crippen molar-refractivity contribution < 1.29 is 24.2 Å². The first-order valence-corrected chi connectivity index (χ1v) is 11.1. The number of aromatic amines is 1. The molecule has 0 radical (unpaired) electrons. The Balaban J connectivity index is 0.000000751. The van der Waals surface area contributed by atoms with Gasteiger partial charge in [-0.1, -0.05) is 30.3 Å². The maximum absolute atomic E-state index is 13.6. The molecule has 2 atom stereocenters. The zero-order chi connectivity index (χ0) is 24.8. The van der Waals surface area contributed by atoms with Crippen molar-refractivity contribution in [2.75, 3.05) is 27.2 Å². The molecule has 0 spiro atoms. The van der Waals surface area contributed by atoms with Crippen LogP contribution in [0.25, 0.3) is 10.9 Å². The van der Waals surface area contributed by atoms with Crippen molar-refractivity contribution in [1.29, 1.82) is 0 Å². The van der Waals surface area contributed by atoms with E-state index < -0.39 is 24.0 Å². The molecule has 1 saturated heterocycles. The van der Waals surface area contributed by atoms with Crippen LogP contribution in [-0.4, -0.2) is 66.1 Å². The number of ether oxygens (including phenoxy) is 1. The van der Waals surface area contributed by atoms with Gasteiger partial charge in [0.25, 0.3) is 5.97 Å². The smallest absolute Gasteiger partial charge is 0.407 e. The van der Waals surface area contributed by atoms with Crippen molar-refractivity contribution in [2.24, 2.45) is 0 Å². The van der Waals surface area contributed by atoms with E-state index in [4.69, 9.17) is 14.6 Å². The third-order valence-electron chi connectivity index (χ3n) is 5.77. The van der Waals surface area contributed by atoms with Gasteiger partial charge in [-0.05, 0) is 56.3 Å². The third kappa shape index (κ3) is 6.02. The molecule has 34 heavy (non-hydrogen) atoms. The van der Waals surface area contributed by atoms with Crippen LogP contribution < -0.4 is 5.32 Å². The average Bonchev–Trinajstić information content (AvgIpc) is 3.38. The van der Waals surface area contributed by atoms with E-state index in [-0.39, 0.29) is 12.4 Å². The highest BCUT2D eigenvalue weighted by atomic mass is 16.6. The number of rotatable bonds is 7. The van der Waals surface area contributed by atoms with Crippen LogP contribution in [0.3, 0.4) is 0 Å². The molecule has 2 aromatic carbocycles. The van der Waals surface area contributed by atoms with Crippen LogP contribution in [0.1, 0.15) is 39.9 Å². The molecular formula is C26H31N3O5.